The fourth-order valence-corrected chi connectivity index (χ4v) is 2.97. The zero-order chi connectivity index (χ0) is 14.9. The quantitative estimate of drug-likeness (QED) is 0.548. The summed E-state index contributed by atoms with van der Waals surface area (Å²) < 4.78 is 0. The van der Waals surface area contributed by atoms with Gasteiger partial charge in [-0.1, -0.05) is 60.7 Å². The van der Waals surface area contributed by atoms with Gasteiger partial charge in [-0.15, -0.1) is 0 Å². The maximum Gasteiger partial charge on any atom is 0.131 e. The molecular weight excluding hydrogens is 268 g/mol. The van der Waals surface area contributed by atoms with Crippen molar-refractivity contribution in [2.75, 3.05) is 5.73 Å². The van der Waals surface area contributed by atoms with Crippen LogP contribution < -0.4 is 5.73 Å². The Hall–Kier alpha value is -2.87. The van der Waals surface area contributed by atoms with Crippen molar-refractivity contribution in [3.05, 3.63) is 83.9 Å². The molecule has 1 aromatic heterocycles. The number of hydrogen-bond donors (Lipinski definition) is 1. The molecule has 0 amide bonds. The van der Waals surface area contributed by atoms with Crippen molar-refractivity contribution in [2.24, 2.45) is 0 Å². The highest BCUT2D eigenvalue weighted by Gasteiger charge is 2.06. The van der Waals surface area contributed by atoms with Crippen LogP contribution in [0, 0.1) is 0 Å². The summed E-state index contributed by atoms with van der Waals surface area (Å²) >= 11 is 0. The van der Waals surface area contributed by atoms with Crippen LogP contribution in [0.3, 0.4) is 0 Å². The van der Waals surface area contributed by atoms with Crippen molar-refractivity contribution < 1.29 is 0 Å². The number of fused-ring (bicyclic) bond motifs is 3. The summed E-state index contributed by atoms with van der Waals surface area (Å²) in [4.78, 5) is 4.53. The molecule has 0 spiro atoms. The number of hydrogen-bond acceptors (Lipinski definition) is 2. The summed E-state index contributed by atoms with van der Waals surface area (Å²) in [6, 6.07) is 25.1. The largest absolute Gasteiger partial charge is 0.383 e. The first-order valence-electron chi connectivity index (χ1n) is 7.42. The molecule has 0 saturated heterocycles. The lowest BCUT2D eigenvalue weighted by Gasteiger charge is -2.08. The topological polar surface area (TPSA) is 38.9 Å². The molecule has 0 aliphatic rings. The number of rotatable bonds is 2. The normalized spacial score (nSPS) is 11.1. The van der Waals surface area contributed by atoms with Crippen molar-refractivity contribution in [1.29, 1.82) is 0 Å². The Morgan fingerprint density at radius 1 is 0.682 bits per heavy atom. The Labute approximate surface area is 129 Å². The maximum atomic E-state index is 6.07. The SMILES string of the molecule is Nc1nc2ccc(Cc3ccccc3)cc2c2ccccc12. The first-order valence-corrected chi connectivity index (χ1v) is 7.42. The summed E-state index contributed by atoms with van der Waals surface area (Å²) in [6.45, 7) is 0. The van der Waals surface area contributed by atoms with Crippen LogP contribution in [0.25, 0.3) is 21.7 Å². The fraction of sp³-hybridized carbons (Fsp3) is 0.0500. The summed E-state index contributed by atoms with van der Waals surface area (Å²) in [5.41, 5.74) is 9.63. The van der Waals surface area contributed by atoms with E-state index in [0.717, 1.165) is 17.3 Å². The van der Waals surface area contributed by atoms with Gasteiger partial charge in [0.1, 0.15) is 5.82 Å². The average molecular weight is 284 g/mol. The molecule has 2 heteroatoms. The minimum absolute atomic E-state index is 0.596. The number of nitrogens with two attached hydrogens (primary N) is 1. The van der Waals surface area contributed by atoms with Crippen LogP contribution in [0.5, 0.6) is 0 Å². The van der Waals surface area contributed by atoms with E-state index >= 15 is 0 Å². The monoisotopic (exact) mass is 284 g/mol. The Balaban J connectivity index is 1.89. The van der Waals surface area contributed by atoms with Crippen molar-refractivity contribution in [1.82, 2.24) is 4.98 Å². The molecule has 0 radical (unpaired) electrons. The molecule has 3 aromatic carbocycles. The van der Waals surface area contributed by atoms with Crippen LogP contribution in [-0.4, -0.2) is 4.98 Å². The Morgan fingerprint density at radius 3 is 2.23 bits per heavy atom. The van der Waals surface area contributed by atoms with Gasteiger partial charge in [0.15, 0.2) is 0 Å². The molecule has 0 unspecified atom stereocenters. The number of benzene rings is 3. The number of nitrogens with zero attached hydrogens (tertiary/aromatic N) is 1. The Kier molecular flexibility index (Phi) is 3.01. The summed E-state index contributed by atoms with van der Waals surface area (Å²) in [6.07, 6.45) is 0.926. The van der Waals surface area contributed by atoms with Crippen LogP contribution in [-0.2, 0) is 6.42 Å². The third-order valence-electron chi connectivity index (χ3n) is 4.05. The van der Waals surface area contributed by atoms with Crippen LogP contribution in [0.4, 0.5) is 5.82 Å². The first kappa shape index (κ1) is 12.8. The second-order valence-electron chi connectivity index (χ2n) is 5.56. The molecule has 0 atom stereocenters. The van der Waals surface area contributed by atoms with Gasteiger partial charge in [0.25, 0.3) is 0 Å². The van der Waals surface area contributed by atoms with E-state index in [1.165, 1.54) is 21.9 Å². The van der Waals surface area contributed by atoms with Gasteiger partial charge in [-0.05, 0) is 35.1 Å². The minimum atomic E-state index is 0.596. The second kappa shape index (κ2) is 5.15. The highest BCUT2D eigenvalue weighted by Crippen LogP contribution is 2.28. The number of pyridine rings is 1. The Morgan fingerprint density at radius 2 is 1.41 bits per heavy atom. The lowest BCUT2D eigenvalue weighted by Crippen LogP contribution is -1.94. The molecule has 4 rings (SSSR count). The maximum absolute atomic E-state index is 6.07. The smallest absolute Gasteiger partial charge is 0.131 e. The van der Waals surface area contributed by atoms with Crippen molar-refractivity contribution in [3.63, 3.8) is 0 Å². The van der Waals surface area contributed by atoms with Gasteiger partial charge in [-0.25, -0.2) is 4.98 Å². The fourth-order valence-electron chi connectivity index (χ4n) is 2.97. The molecule has 0 saturated carbocycles. The third-order valence-corrected chi connectivity index (χ3v) is 4.05. The predicted octanol–water partition coefficient (Wildman–Crippen LogP) is 4.56. The molecule has 2 nitrogen and oxygen atoms in total. The summed E-state index contributed by atoms with van der Waals surface area (Å²) in [5, 5.41) is 3.35. The van der Waals surface area contributed by atoms with Gasteiger partial charge in [0.2, 0.25) is 0 Å². The van der Waals surface area contributed by atoms with Crippen molar-refractivity contribution in [3.8, 4) is 0 Å². The summed E-state index contributed by atoms with van der Waals surface area (Å²) in [5.74, 6) is 0.596. The molecule has 106 valence electrons. The minimum Gasteiger partial charge on any atom is -0.383 e. The number of aromatic nitrogens is 1. The third kappa shape index (κ3) is 2.19. The molecular formula is C20H16N2. The molecule has 0 aliphatic heterocycles. The lowest BCUT2D eigenvalue weighted by atomic mass is 10.00. The van der Waals surface area contributed by atoms with Gasteiger partial charge in [-0.2, -0.15) is 0 Å². The highest BCUT2D eigenvalue weighted by molar-refractivity contribution is 6.09. The predicted molar refractivity (Wildman–Crippen MR) is 92.9 cm³/mol. The van der Waals surface area contributed by atoms with E-state index in [1.807, 2.05) is 24.3 Å². The highest BCUT2D eigenvalue weighted by atomic mass is 14.8. The zero-order valence-electron chi connectivity index (χ0n) is 12.2. The van der Waals surface area contributed by atoms with Gasteiger partial charge < -0.3 is 5.73 Å². The molecule has 0 fully saturated rings. The van der Waals surface area contributed by atoms with Gasteiger partial charge >= 0.3 is 0 Å². The molecule has 0 bridgehead atoms. The number of anilines is 1. The van der Waals surface area contributed by atoms with Gasteiger partial charge in [0, 0.05) is 10.8 Å². The van der Waals surface area contributed by atoms with E-state index in [9.17, 15) is 0 Å². The average Bonchev–Trinajstić information content (AvgIpc) is 2.57. The van der Waals surface area contributed by atoms with Crippen LogP contribution in [0.1, 0.15) is 11.1 Å². The van der Waals surface area contributed by atoms with Crippen LogP contribution in [0.15, 0.2) is 72.8 Å². The van der Waals surface area contributed by atoms with Crippen molar-refractivity contribution in [2.45, 2.75) is 6.42 Å². The Bertz CT molecular complexity index is 959. The van der Waals surface area contributed by atoms with Gasteiger partial charge in [0.05, 0.1) is 5.52 Å². The standard InChI is InChI=1S/C20H16N2/c21-20-17-9-5-4-8-16(17)18-13-15(10-11-19(18)22-20)12-14-6-2-1-3-7-14/h1-11,13H,12H2,(H2,21,22). The zero-order valence-corrected chi connectivity index (χ0v) is 12.2. The molecule has 1 heterocycles. The molecule has 22 heavy (non-hydrogen) atoms. The molecule has 2 N–H and O–H groups in total. The van der Waals surface area contributed by atoms with E-state index < -0.39 is 0 Å². The molecule has 4 aromatic rings. The van der Waals surface area contributed by atoms with E-state index in [4.69, 9.17) is 5.73 Å². The molecule has 0 aliphatic carbocycles. The van der Waals surface area contributed by atoms with E-state index in [2.05, 4.69) is 53.5 Å². The van der Waals surface area contributed by atoms with E-state index in [1.54, 1.807) is 0 Å². The first-order chi connectivity index (χ1) is 10.8. The van der Waals surface area contributed by atoms with E-state index in [-0.39, 0.29) is 0 Å². The van der Waals surface area contributed by atoms with Crippen molar-refractivity contribution >= 4 is 27.5 Å². The van der Waals surface area contributed by atoms with Gasteiger partial charge in [-0.3, -0.25) is 0 Å². The second-order valence-corrected chi connectivity index (χ2v) is 5.56. The van der Waals surface area contributed by atoms with Crippen LogP contribution >= 0.6 is 0 Å². The van der Waals surface area contributed by atoms with Crippen LogP contribution in [0.2, 0.25) is 0 Å². The summed E-state index contributed by atoms with van der Waals surface area (Å²) in [7, 11) is 0. The van der Waals surface area contributed by atoms with E-state index in [0.29, 0.717) is 5.82 Å². The number of nitrogen functional groups attached to an aromatic ring is 1. The lowest BCUT2D eigenvalue weighted by molar-refractivity contribution is 1.20.